The fourth-order valence-electron chi connectivity index (χ4n) is 2.68. The van der Waals surface area contributed by atoms with Crippen molar-refractivity contribution in [3.05, 3.63) is 0 Å². The van der Waals surface area contributed by atoms with Crippen LogP contribution in [0.15, 0.2) is 0 Å². The average molecular weight is 272 g/mol. The zero-order chi connectivity index (χ0) is 13.0. The maximum absolute atomic E-state index is 12.1. The number of nitrogens with zero attached hydrogens (tertiary/aromatic N) is 1. The molecule has 2 saturated heterocycles. The highest BCUT2D eigenvalue weighted by molar-refractivity contribution is 8.00. The Labute approximate surface area is 113 Å². The summed E-state index contributed by atoms with van der Waals surface area (Å²) < 4.78 is 0. The summed E-state index contributed by atoms with van der Waals surface area (Å²) >= 11 is 1.79. The van der Waals surface area contributed by atoms with Crippen molar-refractivity contribution in [1.82, 2.24) is 10.2 Å². The van der Waals surface area contributed by atoms with Crippen LogP contribution in [0.3, 0.4) is 0 Å². The molecule has 5 heteroatoms. The smallest absolute Gasteiger partial charge is 0.232 e. The Morgan fingerprint density at radius 3 is 2.89 bits per heavy atom. The molecule has 2 fully saturated rings. The number of amides is 1. The molecule has 0 bridgehead atoms. The highest BCUT2D eigenvalue weighted by Crippen LogP contribution is 2.23. The third-order valence-electron chi connectivity index (χ3n) is 3.76. The molecule has 0 aliphatic carbocycles. The number of likely N-dealkylation sites (tertiary alicyclic amines) is 1. The average Bonchev–Trinajstić information content (AvgIpc) is 2.36. The maximum Gasteiger partial charge on any atom is 0.232 e. The van der Waals surface area contributed by atoms with Crippen molar-refractivity contribution in [2.24, 2.45) is 0 Å². The number of β-amino-alcohol motifs (C(OH)–C–C–N with tert-alkyl or cyclic N) is 1. The molecule has 18 heavy (non-hydrogen) atoms. The van der Waals surface area contributed by atoms with Gasteiger partial charge in [-0.1, -0.05) is 0 Å². The molecule has 1 amide bonds. The Kier molecular flexibility index (Phi) is 4.92. The lowest BCUT2D eigenvalue weighted by molar-refractivity contribution is -0.134. The quantitative estimate of drug-likeness (QED) is 0.799. The van der Waals surface area contributed by atoms with Crippen molar-refractivity contribution in [3.63, 3.8) is 0 Å². The lowest BCUT2D eigenvalue weighted by Crippen LogP contribution is -2.49. The molecule has 2 heterocycles. The highest BCUT2D eigenvalue weighted by atomic mass is 32.2. The van der Waals surface area contributed by atoms with Crippen LogP contribution in [0.1, 0.15) is 32.6 Å². The first kappa shape index (κ1) is 14.2. The second-order valence-electron chi connectivity index (χ2n) is 5.68. The molecule has 0 aromatic heterocycles. The number of thioether (sulfide) groups is 1. The first-order valence-corrected chi connectivity index (χ1v) is 7.94. The zero-order valence-electron chi connectivity index (χ0n) is 11.2. The minimum Gasteiger partial charge on any atom is -0.388 e. The van der Waals surface area contributed by atoms with Gasteiger partial charge in [-0.05, 0) is 45.7 Å². The number of hydrogen-bond acceptors (Lipinski definition) is 4. The number of piperidine rings is 2. The van der Waals surface area contributed by atoms with Gasteiger partial charge in [0.05, 0.1) is 11.4 Å². The van der Waals surface area contributed by atoms with E-state index in [0.29, 0.717) is 17.5 Å². The number of carbonyl (C=O) groups excluding carboxylic acids is 1. The molecule has 0 radical (unpaired) electrons. The Hall–Kier alpha value is -0.260. The Morgan fingerprint density at radius 2 is 2.22 bits per heavy atom. The lowest BCUT2D eigenvalue weighted by atomic mass is 9.95. The van der Waals surface area contributed by atoms with Crippen LogP contribution in [0, 0.1) is 0 Å². The predicted molar refractivity (Wildman–Crippen MR) is 74.8 cm³/mol. The van der Waals surface area contributed by atoms with E-state index in [9.17, 15) is 9.90 Å². The van der Waals surface area contributed by atoms with Crippen molar-refractivity contribution in [2.75, 3.05) is 31.9 Å². The van der Waals surface area contributed by atoms with Gasteiger partial charge in [0.25, 0.3) is 0 Å². The van der Waals surface area contributed by atoms with Crippen molar-refractivity contribution >= 4 is 17.7 Å². The fourth-order valence-corrected chi connectivity index (χ4v) is 3.81. The molecule has 0 aromatic carbocycles. The van der Waals surface area contributed by atoms with Crippen molar-refractivity contribution < 1.29 is 9.90 Å². The van der Waals surface area contributed by atoms with Gasteiger partial charge in [-0.25, -0.2) is 0 Å². The van der Waals surface area contributed by atoms with Gasteiger partial charge in [-0.15, -0.1) is 11.8 Å². The van der Waals surface area contributed by atoms with E-state index in [1.165, 1.54) is 0 Å². The summed E-state index contributed by atoms with van der Waals surface area (Å²) in [5, 5.41) is 14.0. The topological polar surface area (TPSA) is 52.6 Å². The van der Waals surface area contributed by atoms with Gasteiger partial charge in [0.2, 0.25) is 5.91 Å². The van der Waals surface area contributed by atoms with Crippen LogP contribution in [0.2, 0.25) is 0 Å². The largest absolute Gasteiger partial charge is 0.388 e. The van der Waals surface area contributed by atoms with E-state index in [1.807, 2.05) is 11.8 Å². The van der Waals surface area contributed by atoms with E-state index in [-0.39, 0.29) is 5.91 Å². The Balaban J connectivity index is 1.73. The SMILES string of the molecule is CC1(O)CCCN(C(=O)CSC2CCNCC2)C1. The first-order chi connectivity index (χ1) is 8.57. The Morgan fingerprint density at radius 1 is 1.50 bits per heavy atom. The van der Waals surface area contributed by atoms with Crippen LogP contribution in [-0.2, 0) is 4.79 Å². The second-order valence-corrected chi connectivity index (χ2v) is 6.96. The normalized spacial score (nSPS) is 30.4. The van der Waals surface area contributed by atoms with Crippen molar-refractivity contribution in [3.8, 4) is 0 Å². The first-order valence-electron chi connectivity index (χ1n) is 6.89. The molecule has 0 aromatic rings. The van der Waals surface area contributed by atoms with Crippen LogP contribution in [0.25, 0.3) is 0 Å². The minimum absolute atomic E-state index is 0.193. The number of carbonyl (C=O) groups is 1. The van der Waals surface area contributed by atoms with Crippen molar-refractivity contribution in [1.29, 1.82) is 0 Å². The molecule has 2 aliphatic heterocycles. The predicted octanol–water partition coefficient (Wildman–Crippen LogP) is 0.845. The van der Waals surface area contributed by atoms with Gasteiger partial charge in [0, 0.05) is 18.3 Å². The van der Waals surface area contributed by atoms with Crippen molar-refractivity contribution in [2.45, 2.75) is 43.5 Å². The van der Waals surface area contributed by atoms with E-state index in [1.54, 1.807) is 11.8 Å². The summed E-state index contributed by atoms with van der Waals surface area (Å²) in [6, 6.07) is 0. The number of aliphatic hydroxyl groups is 1. The van der Waals surface area contributed by atoms with Crippen LogP contribution < -0.4 is 5.32 Å². The molecule has 4 nitrogen and oxygen atoms in total. The number of hydrogen-bond donors (Lipinski definition) is 2. The molecular weight excluding hydrogens is 248 g/mol. The number of nitrogens with one attached hydrogen (secondary N) is 1. The summed E-state index contributed by atoms with van der Waals surface area (Å²) in [5.74, 6) is 0.763. The molecule has 0 saturated carbocycles. The van der Waals surface area contributed by atoms with Gasteiger partial charge in [0.15, 0.2) is 0 Å². The van der Waals surface area contributed by atoms with Crippen LogP contribution in [0.5, 0.6) is 0 Å². The summed E-state index contributed by atoms with van der Waals surface area (Å²) in [7, 11) is 0. The van der Waals surface area contributed by atoms with E-state index < -0.39 is 5.60 Å². The van der Waals surface area contributed by atoms with E-state index in [0.717, 1.165) is 45.3 Å². The van der Waals surface area contributed by atoms with E-state index >= 15 is 0 Å². The summed E-state index contributed by atoms with van der Waals surface area (Å²) in [6.07, 6.45) is 4.04. The molecule has 2 rings (SSSR count). The van der Waals surface area contributed by atoms with Crippen LogP contribution in [0.4, 0.5) is 0 Å². The van der Waals surface area contributed by atoms with E-state index in [4.69, 9.17) is 0 Å². The molecular formula is C13H24N2O2S. The molecule has 2 aliphatic rings. The second kappa shape index (κ2) is 6.26. The Bertz CT molecular complexity index is 291. The molecule has 2 N–H and O–H groups in total. The third-order valence-corrected chi connectivity index (χ3v) is 5.11. The molecule has 104 valence electrons. The summed E-state index contributed by atoms with van der Waals surface area (Å²) in [5.41, 5.74) is -0.687. The van der Waals surface area contributed by atoms with Gasteiger partial charge in [-0.3, -0.25) is 4.79 Å². The third kappa shape index (κ3) is 4.14. The standard InChI is InChI=1S/C13H24N2O2S/c1-13(17)5-2-8-15(10-13)12(16)9-18-11-3-6-14-7-4-11/h11,14,17H,2-10H2,1H3. The van der Waals surface area contributed by atoms with Gasteiger partial charge in [0.1, 0.15) is 0 Å². The van der Waals surface area contributed by atoms with Gasteiger partial charge in [-0.2, -0.15) is 0 Å². The molecule has 1 atom stereocenters. The fraction of sp³-hybridized carbons (Fsp3) is 0.923. The lowest BCUT2D eigenvalue weighted by Gasteiger charge is -2.37. The zero-order valence-corrected chi connectivity index (χ0v) is 12.0. The number of rotatable bonds is 3. The van der Waals surface area contributed by atoms with E-state index in [2.05, 4.69) is 5.32 Å². The minimum atomic E-state index is -0.687. The monoisotopic (exact) mass is 272 g/mol. The maximum atomic E-state index is 12.1. The summed E-state index contributed by atoms with van der Waals surface area (Å²) in [6.45, 7) is 5.28. The van der Waals surface area contributed by atoms with Gasteiger partial charge < -0.3 is 15.3 Å². The summed E-state index contributed by atoms with van der Waals surface area (Å²) in [4.78, 5) is 13.9. The molecule has 1 unspecified atom stereocenters. The van der Waals surface area contributed by atoms with Crippen LogP contribution >= 0.6 is 11.8 Å². The molecule has 0 spiro atoms. The van der Waals surface area contributed by atoms with Gasteiger partial charge >= 0.3 is 0 Å². The van der Waals surface area contributed by atoms with Crippen LogP contribution in [-0.4, -0.2) is 58.7 Å². The highest BCUT2D eigenvalue weighted by Gasteiger charge is 2.31.